The van der Waals surface area contributed by atoms with Gasteiger partial charge in [-0.2, -0.15) is 5.26 Å². The second-order valence-corrected chi connectivity index (χ2v) is 6.24. The molecule has 1 heterocycles. The fraction of sp³-hybridized carbons (Fsp3) is 0.0476. The minimum absolute atomic E-state index is 0.0917. The molecule has 3 aromatic rings. The van der Waals surface area contributed by atoms with Gasteiger partial charge in [-0.05, 0) is 30.3 Å². The molecule has 160 valence electrons. The molecule has 0 unspecified atom stereocenters. The molecule has 2 aromatic carbocycles. The molecule has 1 aromatic heterocycles. The molecule has 0 bridgehead atoms. The van der Waals surface area contributed by atoms with E-state index in [2.05, 4.69) is 5.32 Å². The first-order valence-corrected chi connectivity index (χ1v) is 8.93. The summed E-state index contributed by atoms with van der Waals surface area (Å²) in [5, 5.41) is 34.2. The van der Waals surface area contributed by atoms with Gasteiger partial charge in [0.1, 0.15) is 34.6 Å². The number of nitriles is 1. The number of rotatable bonds is 7. The van der Waals surface area contributed by atoms with Crippen molar-refractivity contribution < 1.29 is 23.8 Å². The highest BCUT2D eigenvalue weighted by molar-refractivity contribution is 6.10. The lowest BCUT2D eigenvalue weighted by Crippen LogP contribution is -2.14. The number of nitrogens with one attached hydrogen (secondary N) is 1. The third-order valence-corrected chi connectivity index (χ3v) is 4.29. The molecule has 0 aliphatic rings. The minimum Gasteiger partial charge on any atom is -0.496 e. The van der Waals surface area contributed by atoms with Gasteiger partial charge in [0.15, 0.2) is 0 Å². The summed E-state index contributed by atoms with van der Waals surface area (Å²) < 4.78 is 10.5. The first-order valence-electron chi connectivity index (χ1n) is 8.93. The number of furan rings is 1. The number of amides is 1. The van der Waals surface area contributed by atoms with E-state index in [4.69, 9.17) is 9.15 Å². The van der Waals surface area contributed by atoms with Crippen molar-refractivity contribution >= 4 is 29.0 Å². The molecule has 1 amide bonds. The van der Waals surface area contributed by atoms with Crippen molar-refractivity contribution in [2.75, 3.05) is 12.4 Å². The topological polar surface area (TPSA) is 162 Å². The van der Waals surface area contributed by atoms with Gasteiger partial charge < -0.3 is 14.5 Å². The van der Waals surface area contributed by atoms with Gasteiger partial charge in [0.25, 0.3) is 17.3 Å². The van der Waals surface area contributed by atoms with E-state index in [1.807, 2.05) is 0 Å². The van der Waals surface area contributed by atoms with Gasteiger partial charge in [-0.15, -0.1) is 0 Å². The molecule has 0 aliphatic carbocycles. The molecule has 11 heteroatoms. The fourth-order valence-electron chi connectivity index (χ4n) is 2.79. The lowest BCUT2D eigenvalue weighted by molar-refractivity contribution is -0.384. The highest BCUT2D eigenvalue weighted by Crippen LogP contribution is 2.32. The molecule has 1 N–H and O–H groups in total. The monoisotopic (exact) mass is 434 g/mol. The number of carbonyl (C=O) groups excluding carboxylic acids is 1. The molecule has 0 atom stereocenters. The van der Waals surface area contributed by atoms with Gasteiger partial charge in [-0.3, -0.25) is 25.0 Å². The number of anilines is 1. The standard InChI is InChI=1S/C21H14N4O7/c1-31-14-6-8-17(19(11-14)25(29)30)23-21(26)13(12-22)10-15-7-9-20(32-15)16-4-2-3-5-18(16)24(27)28/h2-11H,1H3,(H,23,26)/b13-10+. The van der Waals surface area contributed by atoms with Crippen LogP contribution in [-0.4, -0.2) is 22.9 Å². The van der Waals surface area contributed by atoms with E-state index in [-0.39, 0.29) is 34.2 Å². The smallest absolute Gasteiger partial charge is 0.296 e. The van der Waals surface area contributed by atoms with E-state index in [1.54, 1.807) is 12.1 Å². The predicted molar refractivity (Wildman–Crippen MR) is 113 cm³/mol. The first kappa shape index (κ1) is 21.7. The van der Waals surface area contributed by atoms with Crippen LogP contribution in [0.5, 0.6) is 5.75 Å². The van der Waals surface area contributed by atoms with Crippen LogP contribution in [0.3, 0.4) is 0 Å². The van der Waals surface area contributed by atoms with Crippen LogP contribution in [-0.2, 0) is 4.79 Å². The number of ether oxygens (including phenoxy) is 1. The van der Waals surface area contributed by atoms with Gasteiger partial charge in [0.05, 0.1) is 28.6 Å². The fourth-order valence-corrected chi connectivity index (χ4v) is 2.79. The Morgan fingerprint density at radius 1 is 1.09 bits per heavy atom. The molecule has 0 fully saturated rings. The van der Waals surface area contributed by atoms with E-state index in [0.29, 0.717) is 0 Å². The van der Waals surface area contributed by atoms with E-state index in [9.17, 15) is 30.3 Å². The third-order valence-electron chi connectivity index (χ3n) is 4.29. The quantitative estimate of drug-likeness (QED) is 0.249. The number of hydrogen-bond acceptors (Lipinski definition) is 8. The molecule has 0 saturated heterocycles. The van der Waals surface area contributed by atoms with E-state index in [0.717, 1.165) is 12.1 Å². The lowest BCUT2D eigenvalue weighted by Gasteiger charge is -2.07. The Bertz CT molecular complexity index is 1290. The maximum atomic E-state index is 12.5. The zero-order chi connectivity index (χ0) is 23.3. The molecule has 0 spiro atoms. The van der Waals surface area contributed by atoms with Crippen molar-refractivity contribution in [3.63, 3.8) is 0 Å². The second-order valence-electron chi connectivity index (χ2n) is 6.24. The summed E-state index contributed by atoms with van der Waals surface area (Å²) in [6.07, 6.45) is 1.13. The molecule has 3 rings (SSSR count). The van der Waals surface area contributed by atoms with Gasteiger partial charge in [-0.25, -0.2) is 0 Å². The van der Waals surface area contributed by atoms with Gasteiger partial charge in [0, 0.05) is 12.1 Å². The largest absolute Gasteiger partial charge is 0.496 e. The Morgan fingerprint density at radius 3 is 2.47 bits per heavy atom. The zero-order valence-corrected chi connectivity index (χ0v) is 16.5. The average molecular weight is 434 g/mol. The number of benzene rings is 2. The second kappa shape index (κ2) is 9.23. The number of hydrogen-bond donors (Lipinski definition) is 1. The zero-order valence-electron chi connectivity index (χ0n) is 16.5. The minimum atomic E-state index is -0.899. The summed E-state index contributed by atoms with van der Waals surface area (Å²) in [5.74, 6) is -0.408. The van der Waals surface area contributed by atoms with Crippen molar-refractivity contribution in [1.82, 2.24) is 0 Å². The van der Waals surface area contributed by atoms with Gasteiger partial charge in [-0.1, -0.05) is 12.1 Å². The van der Waals surface area contributed by atoms with Crippen molar-refractivity contribution in [2.24, 2.45) is 0 Å². The molecule has 0 radical (unpaired) electrons. The molecule has 0 saturated carbocycles. The maximum Gasteiger partial charge on any atom is 0.296 e. The number of nitro benzene ring substituents is 2. The Balaban J connectivity index is 1.88. The number of methoxy groups -OCH3 is 1. The van der Waals surface area contributed by atoms with Crippen LogP contribution in [0.1, 0.15) is 5.76 Å². The van der Waals surface area contributed by atoms with Crippen LogP contribution in [0, 0.1) is 31.6 Å². The predicted octanol–water partition coefficient (Wildman–Crippen LogP) is 4.32. The van der Waals surface area contributed by atoms with Gasteiger partial charge >= 0.3 is 0 Å². The molecule has 0 aliphatic heterocycles. The highest BCUT2D eigenvalue weighted by atomic mass is 16.6. The number of para-hydroxylation sites is 1. The molecule has 11 nitrogen and oxygen atoms in total. The van der Waals surface area contributed by atoms with Crippen molar-refractivity contribution in [3.8, 4) is 23.1 Å². The molecule has 32 heavy (non-hydrogen) atoms. The summed E-state index contributed by atoms with van der Waals surface area (Å²) in [5.41, 5.74) is -0.858. The van der Waals surface area contributed by atoms with E-state index < -0.39 is 27.0 Å². The normalized spacial score (nSPS) is 10.8. The van der Waals surface area contributed by atoms with Crippen molar-refractivity contribution in [2.45, 2.75) is 0 Å². The average Bonchev–Trinajstić information content (AvgIpc) is 3.26. The summed E-state index contributed by atoms with van der Waals surface area (Å²) in [6.45, 7) is 0. The van der Waals surface area contributed by atoms with Crippen LogP contribution >= 0.6 is 0 Å². The van der Waals surface area contributed by atoms with Crippen LogP contribution in [0.15, 0.2) is 64.6 Å². The van der Waals surface area contributed by atoms with Crippen LogP contribution in [0.4, 0.5) is 17.1 Å². The Morgan fingerprint density at radius 2 is 1.81 bits per heavy atom. The summed E-state index contributed by atoms with van der Waals surface area (Å²) >= 11 is 0. The Kier molecular flexibility index (Phi) is 6.26. The number of carbonyl (C=O) groups is 1. The van der Waals surface area contributed by atoms with Crippen molar-refractivity contribution in [3.05, 3.63) is 86.2 Å². The van der Waals surface area contributed by atoms with E-state index in [1.165, 1.54) is 49.6 Å². The van der Waals surface area contributed by atoms with Crippen LogP contribution in [0.25, 0.3) is 17.4 Å². The Labute approximate surface area is 180 Å². The summed E-state index contributed by atoms with van der Waals surface area (Å²) in [6, 6.07) is 14.4. The lowest BCUT2D eigenvalue weighted by atomic mass is 10.1. The first-order chi connectivity index (χ1) is 15.3. The van der Waals surface area contributed by atoms with Crippen LogP contribution < -0.4 is 10.1 Å². The maximum absolute atomic E-state index is 12.5. The highest BCUT2D eigenvalue weighted by Gasteiger charge is 2.20. The molecular weight excluding hydrogens is 420 g/mol. The SMILES string of the molecule is COc1ccc(NC(=O)/C(C#N)=C/c2ccc(-c3ccccc3[N+](=O)[O-])o2)c([N+](=O)[O-])c1. The van der Waals surface area contributed by atoms with E-state index >= 15 is 0 Å². The Hall–Kier alpha value is -4.98. The third kappa shape index (κ3) is 4.60. The van der Waals surface area contributed by atoms with Crippen molar-refractivity contribution in [1.29, 1.82) is 5.26 Å². The summed E-state index contributed by atoms with van der Waals surface area (Å²) in [4.78, 5) is 33.7. The summed E-state index contributed by atoms with van der Waals surface area (Å²) in [7, 11) is 1.34. The van der Waals surface area contributed by atoms with Crippen LogP contribution in [0.2, 0.25) is 0 Å². The number of nitro groups is 2. The molecular formula is C21H14N4O7. The number of nitrogens with zero attached hydrogens (tertiary/aromatic N) is 3. The van der Waals surface area contributed by atoms with Gasteiger partial charge in [0.2, 0.25) is 0 Å².